The first-order valence-electron chi connectivity index (χ1n) is 14.0. The SMILES string of the molecule is CC1(C)c2ccccc2-c2cc3c(-c4nc(-c5ccccc5)nc(-c5ccc6ccccc6c5)n4)cccc3cc21. The highest BCUT2D eigenvalue weighted by Crippen LogP contribution is 2.50. The lowest BCUT2D eigenvalue weighted by Crippen LogP contribution is -2.14. The molecular formula is C38H27N3. The van der Waals surface area contributed by atoms with E-state index in [9.17, 15) is 0 Å². The fourth-order valence-corrected chi connectivity index (χ4v) is 6.34. The van der Waals surface area contributed by atoms with Crippen molar-refractivity contribution in [3.8, 4) is 45.3 Å². The summed E-state index contributed by atoms with van der Waals surface area (Å²) in [4.78, 5) is 15.1. The van der Waals surface area contributed by atoms with Crippen LogP contribution in [0.2, 0.25) is 0 Å². The molecule has 0 saturated heterocycles. The number of hydrogen-bond acceptors (Lipinski definition) is 3. The second kappa shape index (κ2) is 8.94. The maximum Gasteiger partial charge on any atom is 0.164 e. The van der Waals surface area contributed by atoms with Crippen LogP contribution < -0.4 is 0 Å². The van der Waals surface area contributed by atoms with Crippen LogP contribution in [-0.2, 0) is 5.41 Å². The van der Waals surface area contributed by atoms with E-state index < -0.39 is 0 Å². The molecule has 0 aliphatic heterocycles. The van der Waals surface area contributed by atoms with E-state index in [1.807, 2.05) is 18.2 Å². The normalized spacial score (nSPS) is 13.3. The second-order valence-electron chi connectivity index (χ2n) is 11.3. The summed E-state index contributed by atoms with van der Waals surface area (Å²) in [7, 11) is 0. The molecule has 0 N–H and O–H groups in total. The smallest absolute Gasteiger partial charge is 0.164 e. The summed E-state index contributed by atoms with van der Waals surface area (Å²) in [5.41, 5.74) is 8.23. The quantitative estimate of drug-likeness (QED) is 0.231. The lowest BCUT2D eigenvalue weighted by Gasteiger charge is -2.21. The number of benzene rings is 6. The molecule has 3 nitrogen and oxygen atoms in total. The fraction of sp³-hybridized carbons (Fsp3) is 0.0789. The first kappa shape index (κ1) is 23.7. The molecular weight excluding hydrogens is 498 g/mol. The summed E-state index contributed by atoms with van der Waals surface area (Å²) in [5, 5.41) is 4.69. The Morgan fingerprint density at radius 3 is 1.93 bits per heavy atom. The molecule has 1 aliphatic carbocycles. The molecule has 0 unspecified atom stereocenters. The lowest BCUT2D eigenvalue weighted by atomic mass is 9.82. The van der Waals surface area contributed by atoms with Crippen molar-refractivity contribution in [2.75, 3.05) is 0 Å². The molecule has 194 valence electrons. The van der Waals surface area contributed by atoms with Crippen molar-refractivity contribution in [1.82, 2.24) is 15.0 Å². The minimum Gasteiger partial charge on any atom is -0.208 e. The van der Waals surface area contributed by atoms with E-state index in [4.69, 9.17) is 15.0 Å². The van der Waals surface area contributed by atoms with Crippen molar-refractivity contribution in [2.45, 2.75) is 19.3 Å². The molecule has 3 heteroatoms. The van der Waals surface area contributed by atoms with Crippen LogP contribution in [0.25, 0.3) is 66.8 Å². The molecule has 41 heavy (non-hydrogen) atoms. The topological polar surface area (TPSA) is 38.7 Å². The van der Waals surface area contributed by atoms with E-state index in [-0.39, 0.29) is 5.41 Å². The van der Waals surface area contributed by atoms with Crippen LogP contribution in [0.15, 0.2) is 127 Å². The van der Waals surface area contributed by atoms with Crippen LogP contribution in [0.5, 0.6) is 0 Å². The van der Waals surface area contributed by atoms with Gasteiger partial charge in [0.15, 0.2) is 17.5 Å². The summed E-state index contributed by atoms with van der Waals surface area (Å²) in [5.74, 6) is 2.02. The molecule has 1 aliphatic rings. The summed E-state index contributed by atoms with van der Waals surface area (Å²) in [6, 6.07) is 44.9. The minimum atomic E-state index is -0.0486. The van der Waals surface area contributed by atoms with Crippen molar-refractivity contribution in [3.63, 3.8) is 0 Å². The van der Waals surface area contributed by atoms with Gasteiger partial charge in [0.05, 0.1) is 0 Å². The van der Waals surface area contributed by atoms with E-state index in [1.165, 1.54) is 33.0 Å². The molecule has 0 bridgehead atoms. The van der Waals surface area contributed by atoms with Crippen LogP contribution in [0.3, 0.4) is 0 Å². The molecule has 7 aromatic rings. The zero-order chi connectivity index (χ0) is 27.6. The molecule has 0 spiro atoms. The third kappa shape index (κ3) is 3.77. The highest BCUT2D eigenvalue weighted by Gasteiger charge is 2.35. The van der Waals surface area contributed by atoms with Crippen molar-refractivity contribution < 1.29 is 0 Å². The van der Waals surface area contributed by atoms with Crippen molar-refractivity contribution >= 4 is 21.5 Å². The number of rotatable bonds is 3. The highest BCUT2D eigenvalue weighted by atomic mass is 15.0. The summed E-state index contributed by atoms with van der Waals surface area (Å²) < 4.78 is 0. The van der Waals surface area contributed by atoms with E-state index in [0.717, 1.165) is 27.5 Å². The van der Waals surface area contributed by atoms with Gasteiger partial charge in [-0.15, -0.1) is 0 Å². The number of nitrogens with zero attached hydrogens (tertiary/aromatic N) is 3. The molecule has 8 rings (SSSR count). The average molecular weight is 526 g/mol. The summed E-state index contributed by atoms with van der Waals surface area (Å²) in [6.07, 6.45) is 0. The fourth-order valence-electron chi connectivity index (χ4n) is 6.34. The van der Waals surface area contributed by atoms with Gasteiger partial charge in [0.2, 0.25) is 0 Å². The zero-order valence-corrected chi connectivity index (χ0v) is 23.0. The van der Waals surface area contributed by atoms with Crippen LogP contribution >= 0.6 is 0 Å². The van der Waals surface area contributed by atoms with Gasteiger partial charge in [-0.2, -0.15) is 0 Å². The van der Waals surface area contributed by atoms with Gasteiger partial charge in [0, 0.05) is 22.1 Å². The second-order valence-corrected chi connectivity index (χ2v) is 11.3. The standard InChI is InChI=1S/C38H27N3/c1-38(2)33-18-9-8-16-29(33)32-23-31-27(22-34(32)38)15-10-17-30(31)37-40-35(25-12-4-3-5-13-25)39-36(41-37)28-20-19-24-11-6-7-14-26(24)21-28/h3-23H,1-2H3. The van der Waals surface area contributed by atoms with Gasteiger partial charge in [0.25, 0.3) is 0 Å². The Balaban J connectivity index is 1.37. The first-order chi connectivity index (χ1) is 20.1. The van der Waals surface area contributed by atoms with Gasteiger partial charge in [-0.05, 0) is 62.0 Å². The summed E-state index contributed by atoms with van der Waals surface area (Å²) in [6.45, 7) is 4.64. The Morgan fingerprint density at radius 2 is 1.07 bits per heavy atom. The van der Waals surface area contributed by atoms with Crippen LogP contribution in [0.1, 0.15) is 25.0 Å². The van der Waals surface area contributed by atoms with Gasteiger partial charge >= 0.3 is 0 Å². The number of aromatic nitrogens is 3. The van der Waals surface area contributed by atoms with Crippen LogP contribution in [0, 0.1) is 0 Å². The van der Waals surface area contributed by atoms with Crippen molar-refractivity contribution in [3.05, 3.63) is 139 Å². The lowest BCUT2D eigenvalue weighted by molar-refractivity contribution is 0.661. The third-order valence-corrected chi connectivity index (χ3v) is 8.50. The predicted octanol–water partition coefficient (Wildman–Crippen LogP) is 9.49. The Kier molecular flexibility index (Phi) is 5.17. The number of hydrogen-bond donors (Lipinski definition) is 0. The van der Waals surface area contributed by atoms with E-state index in [0.29, 0.717) is 17.5 Å². The highest BCUT2D eigenvalue weighted by molar-refractivity contribution is 6.01. The molecule has 0 radical (unpaired) electrons. The average Bonchev–Trinajstić information content (AvgIpc) is 3.25. The van der Waals surface area contributed by atoms with E-state index >= 15 is 0 Å². The van der Waals surface area contributed by atoms with Crippen LogP contribution in [0.4, 0.5) is 0 Å². The zero-order valence-electron chi connectivity index (χ0n) is 23.0. The van der Waals surface area contributed by atoms with Crippen molar-refractivity contribution in [2.24, 2.45) is 0 Å². The van der Waals surface area contributed by atoms with Gasteiger partial charge < -0.3 is 0 Å². The minimum absolute atomic E-state index is 0.0486. The largest absolute Gasteiger partial charge is 0.208 e. The van der Waals surface area contributed by atoms with Gasteiger partial charge in [-0.25, -0.2) is 15.0 Å². The third-order valence-electron chi connectivity index (χ3n) is 8.50. The summed E-state index contributed by atoms with van der Waals surface area (Å²) >= 11 is 0. The predicted molar refractivity (Wildman–Crippen MR) is 169 cm³/mol. The molecule has 1 heterocycles. The maximum absolute atomic E-state index is 5.10. The Morgan fingerprint density at radius 1 is 0.415 bits per heavy atom. The Labute approximate surface area is 239 Å². The van der Waals surface area contributed by atoms with Crippen LogP contribution in [-0.4, -0.2) is 15.0 Å². The molecule has 0 fully saturated rings. The van der Waals surface area contributed by atoms with Gasteiger partial charge in [0.1, 0.15) is 0 Å². The molecule has 0 atom stereocenters. The maximum atomic E-state index is 5.10. The molecule has 1 aromatic heterocycles. The van der Waals surface area contributed by atoms with E-state index in [2.05, 4.69) is 123 Å². The van der Waals surface area contributed by atoms with E-state index in [1.54, 1.807) is 0 Å². The Hall–Kier alpha value is -5.15. The van der Waals surface area contributed by atoms with Gasteiger partial charge in [-0.1, -0.05) is 123 Å². The molecule has 0 saturated carbocycles. The van der Waals surface area contributed by atoms with Gasteiger partial charge in [-0.3, -0.25) is 0 Å². The number of fused-ring (bicyclic) bond motifs is 5. The monoisotopic (exact) mass is 525 g/mol. The first-order valence-corrected chi connectivity index (χ1v) is 14.0. The molecule has 6 aromatic carbocycles. The Bertz CT molecular complexity index is 2130. The van der Waals surface area contributed by atoms with Crippen molar-refractivity contribution in [1.29, 1.82) is 0 Å². The molecule has 0 amide bonds.